The van der Waals surface area contributed by atoms with Crippen LogP contribution in [0.2, 0.25) is 0 Å². The van der Waals surface area contributed by atoms with E-state index in [-0.39, 0.29) is 17.2 Å². The highest BCUT2D eigenvalue weighted by molar-refractivity contribution is 7.13. The van der Waals surface area contributed by atoms with Crippen molar-refractivity contribution in [2.45, 2.75) is 46.0 Å². The van der Waals surface area contributed by atoms with E-state index in [0.29, 0.717) is 0 Å². The van der Waals surface area contributed by atoms with E-state index in [4.69, 9.17) is 0 Å². The van der Waals surface area contributed by atoms with Gasteiger partial charge in [-0.2, -0.15) is 4.37 Å². The molecule has 17 heavy (non-hydrogen) atoms. The van der Waals surface area contributed by atoms with Crippen LogP contribution in [0.1, 0.15) is 51.8 Å². The van der Waals surface area contributed by atoms with E-state index < -0.39 is 0 Å². The van der Waals surface area contributed by atoms with Gasteiger partial charge in [-0.15, -0.1) is 0 Å². The standard InChI is InChI=1S/C14H18FNS/c1-8(2)9-7-12-10(6-11(9)15)13(16-17-12)14(3,4)5/h6-8H,1-5H3. The number of hydrogen-bond donors (Lipinski definition) is 0. The van der Waals surface area contributed by atoms with Gasteiger partial charge in [0.15, 0.2) is 0 Å². The molecule has 0 aliphatic rings. The second kappa shape index (κ2) is 4.05. The number of rotatable bonds is 1. The SMILES string of the molecule is CC(C)c1cc2snc(C(C)(C)C)c2cc1F. The van der Waals surface area contributed by atoms with Crippen molar-refractivity contribution >= 4 is 21.6 Å². The zero-order valence-electron chi connectivity index (χ0n) is 11.0. The average molecular weight is 251 g/mol. The highest BCUT2D eigenvalue weighted by Crippen LogP contribution is 2.34. The molecule has 0 saturated heterocycles. The molecule has 0 saturated carbocycles. The molecule has 0 bridgehead atoms. The molecule has 92 valence electrons. The number of aromatic nitrogens is 1. The normalized spacial score (nSPS) is 12.6. The summed E-state index contributed by atoms with van der Waals surface area (Å²) >= 11 is 1.46. The van der Waals surface area contributed by atoms with Gasteiger partial charge in [0, 0.05) is 10.8 Å². The summed E-state index contributed by atoms with van der Waals surface area (Å²) in [5.41, 5.74) is 1.73. The molecule has 1 aromatic carbocycles. The van der Waals surface area contributed by atoms with Crippen LogP contribution in [-0.4, -0.2) is 4.37 Å². The number of fused-ring (bicyclic) bond motifs is 1. The zero-order chi connectivity index (χ0) is 12.8. The summed E-state index contributed by atoms with van der Waals surface area (Å²) < 4.78 is 19.6. The molecule has 0 fully saturated rings. The lowest BCUT2D eigenvalue weighted by Crippen LogP contribution is -2.11. The fourth-order valence-electron chi connectivity index (χ4n) is 1.96. The smallest absolute Gasteiger partial charge is 0.127 e. The maximum absolute atomic E-state index is 14.0. The van der Waals surface area contributed by atoms with Crippen molar-refractivity contribution in [3.05, 3.63) is 29.2 Å². The summed E-state index contributed by atoms with van der Waals surface area (Å²) in [6.07, 6.45) is 0. The summed E-state index contributed by atoms with van der Waals surface area (Å²) in [5.74, 6) is 0.0952. The minimum Gasteiger partial charge on any atom is -0.207 e. The third-order valence-corrected chi connectivity index (χ3v) is 3.73. The van der Waals surface area contributed by atoms with Crippen molar-refractivity contribution < 1.29 is 4.39 Å². The van der Waals surface area contributed by atoms with Gasteiger partial charge in [0.1, 0.15) is 5.82 Å². The Bertz CT molecular complexity index is 549. The molecular weight excluding hydrogens is 233 g/mol. The number of benzene rings is 1. The minimum atomic E-state index is -0.113. The first-order valence-corrected chi connectivity index (χ1v) is 6.67. The van der Waals surface area contributed by atoms with Gasteiger partial charge in [-0.1, -0.05) is 34.6 Å². The molecular formula is C14H18FNS. The first kappa shape index (κ1) is 12.5. The zero-order valence-corrected chi connectivity index (χ0v) is 11.8. The van der Waals surface area contributed by atoms with Crippen molar-refractivity contribution in [3.8, 4) is 0 Å². The monoisotopic (exact) mass is 251 g/mol. The van der Waals surface area contributed by atoms with Crippen LogP contribution in [0.25, 0.3) is 10.1 Å². The van der Waals surface area contributed by atoms with E-state index in [1.54, 1.807) is 6.07 Å². The molecule has 0 N–H and O–H groups in total. The van der Waals surface area contributed by atoms with Gasteiger partial charge in [0.05, 0.1) is 10.4 Å². The van der Waals surface area contributed by atoms with Gasteiger partial charge in [-0.05, 0) is 35.1 Å². The number of hydrogen-bond acceptors (Lipinski definition) is 2. The van der Waals surface area contributed by atoms with Crippen molar-refractivity contribution in [2.75, 3.05) is 0 Å². The van der Waals surface area contributed by atoms with Crippen molar-refractivity contribution in [2.24, 2.45) is 0 Å². The molecule has 0 radical (unpaired) electrons. The Hall–Kier alpha value is -0.960. The molecule has 0 spiro atoms. The molecule has 1 nitrogen and oxygen atoms in total. The van der Waals surface area contributed by atoms with Gasteiger partial charge in [-0.25, -0.2) is 4.39 Å². The maximum atomic E-state index is 14.0. The third kappa shape index (κ3) is 2.21. The van der Waals surface area contributed by atoms with E-state index >= 15 is 0 Å². The van der Waals surface area contributed by atoms with Crippen molar-refractivity contribution in [3.63, 3.8) is 0 Å². The van der Waals surface area contributed by atoms with Crippen LogP contribution in [0.15, 0.2) is 12.1 Å². The van der Waals surface area contributed by atoms with Crippen LogP contribution in [0.3, 0.4) is 0 Å². The second-order valence-corrected chi connectivity index (χ2v) is 6.61. The van der Waals surface area contributed by atoms with Crippen LogP contribution in [0.5, 0.6) is 0 Å². The highest BCUT2D eigenvalue weighted by atomic mass is 32.1. The fourth-order valence-corrected chi connectivity index (χ4v) is 2.95. The second-order valence-electron chi connectivity index (χ2n) is 5.81. The molecule has 0 aliphatic carbocycles. The van der Waals surface area contributed by atoms with Gasteiger partial charge in [0.25, 0.3) is 0 Å². The Morgan fingerprint density at radius 1 is 1.24 bits per heavy atom. The number of nitrogens with zero attached hydrogens (tertiary/aromatic N) is 1. The lowest BCUT2D eigenvalue weighted by Gasteiger charge is -2.16. The largest absolute Gasteiger partial charge is 0.207 e. The minimum absolute atomic E-state index is 0.0377. The summed E-state index contributed by atoms with van der Waals surface area (Å²) in [7, 11) is 0. The van der Waals surface area contributed by atoms with Crippen LogP contribution >= 0.6 is 11.5 Å². The quantitative estimate of drug-likeness (QED) is 0.705. The molecule has 0 atom stereocenters. The average Bonchev–Trinajstić information content (AvgIpc) is 2.57. The molecule has 2 rings (SSSR count). The molecule has 1 aromatic heterocycles. The third-order valence-electron chi connectivity index (χ3n) is 2.92. The predicted molar refractivity (Wildman–Crippen MR) is 72.4 cm³/mol. The van der Waals surface area contributed by atoms with E-state index in [0.717, 1.165) is 21.3 Å². The summed E-state index contributed by atoms with van der Waals surface area (Å²) in [6.45, 7) is 10.3. The van der Waals surface area contributed by atoms with E-state index in [2.05, 4.69) is 25.1 Å². The molecule has 0 amide bonds. The van der Waals surface area contributed by atoms with Crippen molar-refractivity contribution in [1.82, 2.24) is 4.37 Å². The van der Waals surface area contributed by atoms with Gasteiger partial charge in [-0.3, -0.25) is 0 Å². The van der Waals surface area contributed by atoms with Crippen LogP contribution < -0.4 is 0 Å². The fraction of sp³-hybridized carbons (Fsp3) is 0.500. The van der Waals surface area contributed by atoms with E-state index in [1.165, 1.54) is 11.5 Å². The summed E-state index contributed by atoms with van der Waals surface area (Å²) in [5, 5.41) is 0.962. The first-order valence-electron chi connectivity index (χ1n) is 5.90. The lowest BCUT2D eigenvalue weighted by atomic mass is 9.89. The summed E-state index contributed by atoms with van der Waals surface area (Å²) in [6, 6.07) is 3.59. The maximum Gasteiger partial charge on any atom is 0.127 e. The molecule has 1 heterocycles. The van der Waals surface area contributed by atoms with Gasteiger partial charge in [0.2, 0.25) is 0 Å². The van der Waals surface area contributed by atoms with E-state index in [9.17, 15) is 4.39 Å². The van der Waals surface area contributed by atoms with Crippen molar-refractivity contribution in [1.29, 1.82) is 0 Å². The Morgan fingerprint density at radius 2 is 1.88 bits per heavy atom. The number of halogens is 1. The Labute approximate surface area is 106 Å². The molecule has 2 aromatic rings. The van der Waals surface area contributed by atoms with Crippen LogP contribution in [-0.2, 0) is 5.41 Å². The Balaban J connectivity index is 2.69. The Morgan fingerprint density at radius 3 is 2.41 bits per heavy atom. The first-order chi connectivity index (χ1) is 7.80. The topological polar surface area (TPSA) is 12.9 Å². The van der Waals surface area contributed by atoms with Gasteiger partial charge < -0.3 is 0 Å². The van der Waals surface area contributed by atoms with Gasteiger partial charge >= 0.3 is 0 Å². The summed E-state index contributed by atoms with van der Waals surface area (Å²) in [4.78, 5) is 0. The molecule has 0 unspecified atom stereocenters. The Kier molecular flexibility index (Phi) is 2.98. The van der Waals surface area contributed by atoms with E-state index in [1.807, 2.05) is 19.9 Å². The van der Waals surface area contributed by atoms with Crippen LogP contribution in [0, 0.1) is 5.82 Å². The van der Waals surface area contributed by atoms with Crippen LogP contribution in [0.4, 0.5) is 4.39 Å². The highest BCUT2D eigenvalue weighted by Gasteiger charge is 2.22. The molecule has 3 heteroatoms. The molecule has 0 aliphatic heterocycles. The predicted octanol–water partition coefficient (Wildman–Crippen LogP) is 4.86. The lowest BCUT2D eigenvalue weighted by molar-refractivity contribution is 0.579.